The summed E-state index contributed by atoms with van der Waals surface area (Å²) in [4.78, 5) is 42.8. The highest BCUT2D eigenvalue weighted by atomic mass is 16.6. The molecule has 0 N–H and O–H groups in total. The van der Waals surface area contributed by atoms with Crippen LogP contribution in [0.25, 0.3) is 0 Å². The predicted molar refractivity (Wildman–Crippen MR) is 99.3 cm³/mol. The summed E-state index contributed by atoms with van der Waals surface area (Å²) < 4.78 is 13.5. The molecule has 0 aliphatic rings. The summed E-state index contributed by atoms with van der Waals surface area (Å²) in [6, 6.07) is 1.83. The minimum atomic E-state index is -0.932. The largest absolute Gasteiger partial charge is 0.463 e. The van der Waals surface area contributed by atoms with E-state index in [4.69, 9.17) is 5.26 Å². The monoisotopic (exact) mass is 381 g/mol. The zero-order valence-electron chi connectivity index (χ0n) is 16.5. The van der Waals surface area contributed by atoms with E-state index < -0.39 is 17.5 Å². The number of ketones is 1. The maximum atomic E-state index is 11.0. The van der Waals surface area contributed by atoms with Crippen LogP contribution < -0.4 is 0 Å². The normalized spacial score (nSPS) is 8.15. The molecule has 0 amide bonds. The van der Waals surface area contributed by atoms with E-state index >= 15 is 0 Å². The van der Waals surface area contributed by atoms with E-state index in [0.717, 1.165) is 0 Å². The van der Waals surface area contributed by atoms with Crippen LogP contribution in [0.15, 0.2) is 36.5 Å². The molecule has 0 saturated carbocycles. The third-order valence-electron chi connectivity index (χ3n) is 1.99. The van der Waals surface area contributed by atoms with Crippen molar-refractivity contribution >= 4 is 23.7 Å². The molecule has 0 saturated heterocycles. The minimum absolute atomic E-state index is 0.151. The average molecular weight is 381 g/mol. The van der Waals surface area contributed by atoms with Gasteiger partial charge in [0.25, 0.3) is 0 Å². The lowest BCUT2D eigenvalue weighted by molar-refractivity contribution is -0.149. The summed E-state index contributed by atoms with van der Waals surface area (Å²) >= 11 is 0. The molecule has 8 nitrogen and oxygen atoms in total. The van der Waals surface area contributed by atoms with Gasteiger partial charge in [-0.1, -0.05) is 19.7 Å². The number of carbonyl (C=O) groups is 4. The van der Waals surface area contributed by atoms with Crippen molar-refractivity contribution in [1.82, 2.24) is 0 Å². The summed E-state index contributed by atoms with van der Waals surface area (Å²) in [6.07, 6.45) is 0. The molecule has 0 aromatic heterocycles. The Kier molecular flexibility index (Phi) is 18.6. The number of nitrogens with zero attached hydrogens (tertiary/aromatic N) is 1. The molecule has 0 aliphatic heterocycles. The lowest BCUT2D eigenvalue weighted by atomic mass is 10.3. The third-order valence-corrected chi connectivity index (χ3v) is 1.99. The number of Topliss-reactive ketones (excluding diaryl/α,β-unsaturated/α-hetero) is 1. The molecule has 27 heavy (non-hydrogen) atoms. The Hall–Kier alpha value is -3.21. The van der Waals surface area contributed by atoms with E-state index in [-0.39, 0.29) is 25.0 Å². The number of hydrogen-bond acceptors (Lipinski definition) is 8. The fraction of sp³-hybridized carbons (Fsp3) is 0.421. The van der Waals surface area contributed by atoms with Crippen molar-refractivity contribution in [3.63, 3.8) is 0 Å². The van der Waals surface area contributed by atoms with Gasteiger partial charge in [-0.05, 0) is 34.6 Å². The molecule has 0 bridgehead atoms. The van der Waals surface area contributed by atoms with Crippen LogP contribution in [0.4, 0.5) is 0 Å². The Morgan fingerprint density at radius 1 is 0.815 bits per heavy atom. The van der Waals surface area contributed by atoms with Gasteiger partial charge in [-0.25, -0.2) is 14.4 Å². The van der Waals surface area contributed by atoms with Crippen LogP contribution in [0.2, 0.25) is 0 Å². The van der Waals surface area contributed by atoms with Gasteiger partial charge in [0.05, 0.1) is 19.3 Å². The quantitative estimate of drug-likeness (QED) is 0.165. The average Bonchev–Trinajstić information content (AvgIpc) is 2.60. The molecule has 0 aromatic carbocycles. The van der Waals surface area contributed by atoms with Crippen LogP contribution in [0.3, 0.4) is 0 Å². The Balaban J connectivity index is -0.000000372. The maximum absolute atomic E-state index is 11.0. The van der Waals surface area contributed by atoms with Gasteiger partial charge in [-0.2, -0.15) is 5.26 Å². The molecule has 0 rings (SSSR count). The summed E-state index contributed by atoms with van der Waals surface area (Å²) in [5.41, 5.74) is 0.602. The molecule has 0 radical (unpaired) electrons. The number of allylic oxidation sites excluding steroid dienone is 1. The van der Waals surface area contributed by atoms with Crippen molar-refractivity contribution in [2.24, 2.45) is 0 Å². The van der Waals surface area contributed by atoms with Gasteiger partial charge in [-0.3, -0.25) is 4.79 Å². The number of carbonyl (C=O) groups excluding carboxylic acids is 4. The molecule has 0 unspecified atom stereocenters. The summed E-state index contributed by atoms with van der Waals surface area (Å²) in [5.74, 6) is -2.39. The molecule has 8 heteroatoms. The zero-order chi connectivity index (χ0) is 22.0. The van der Waals surface area contributed by atoms with E-state index in [1.807, 2.05) is 6.07 Å². The Bertz CT molecular complexity index is 612. The fourth-order valence-corrected chi connectivity index (χ4v) is 0.810. The lowest BCUT2D eigenvalue weighted by Crippen LogP contribution is -2.19. The van der Waals surface area contributed by atoms with Gasteiger partial charge in [0, 0.05) is 11.1 Å². The first-order valence-electron chi connectivity index (χ1n) is 7.85. The molecular weight excluding hydrogens is 354 g/mol. The first-order chi connectivity index (χ1) is 12.4. The second-order valence-electron chi connectivity index (χ2n) is 4.87. The van der Waals surface area contributed by atoms with Crippen LogP contribution in [0, 0.1) is 11.3 Å². The van der Waals surface area contributed by atoms with Crippen LogP contribution in [-0.2, 0) is 33.4 Å². The van der Waals surface area contributed by atoms with Crippen molar-refractivity contribution in [3.05, 3.63) is 36.5 Å². The van der Waals surface area contributed by atoms with Gasteiger partial charge in [0.2, 0.25) is 0 Å². The Morgan fingerprint density at radius 3 is 1.44 bits per heavy atom. The number of nitriles is 1. The summed E-state index contributed by atoms with van der Waals surface area (Å²) in [5, 5.41) is 7.79. The van der Waals surface area contributed by atoms with E-state index in [2.05, 4.69) is 33.9 Å². The molecule has 0 aromatic rings. The highest BCUT2D eigenvalue weighted by Gasteiger charge is 2.18. The van der Waals surface area contributed by atoms with Gasteiger partial charge in [0.1, 0.15) is 12.2 Å². The highest BCUT2D eigenvalue weighted by Crippen LogP contribution is 1.98. The predicted octanol–water partition coefficient (Wildman–Crippen LogP) is 2.45. The molecule has 0 fully saturated rings. The van der Waals surface area contributed by atoms with Crippen molar-refractivity contribution in [3.8, 4) is 6.07 Å². The second-order valence-corrected chi connectivity index (χ2v) is 4.87. The van der Waals surface area contributed by atoms with Gasteiger partial charge >= 0.3 is 17.9 Å². The SMILES string of the molecule is C=C(C(=O)OCC)C(=O)OCC(C)=O.C=C(C)C#N.C=C(C)C(=O)OCC. The Morgan fingerprint density at radius 2 is 1.19 bits per heavy atom. The smallest absolute Gasteiger partial charge is 0.345 e. The van der Waals surface area contributed by atoms with E-state index in [0.29, 0.717) is 17.8 Å². The van der Waals surface area contributed by atoms with Gasteiger partial charge < -0.3 is 14.2 Å². The molecule has 0 heterocycles. The summed E-state index contributed by atoms with van der Waals surface area (Å²) in [7, 11) is 0. The third kappa shape index (κ3) is 20.7. The maximum Gasteiger partial charge on any atom is 0.345 e. The number of esters is 3. The first kappa shape index (κ1) is 28.6. The van der Waals surface area contributed by atoms with Gasteiger partial charge in [-0.15, -0.1) is 0 Å². The van der Waals surface area contributed by atoms with Gasteiger partial charge in [0.15, 0.2) is 5.78 Å². The fourth-order valence-electron chi connectivity index (χ4n) is 0.810. The zero-order valence-corrected chi connectivity index (χ0v) is 16.5. The first-order valence-corrected chi connectivity index (χ1v) is 7.85. The molecule has 150 valence electrons. The topological polar surface area (TPSA) is 120 Å². The second kappa shape index (κ2) is 17.6. The van der Waals surface area contributed by atoms with E-state index in [1.54, 1.807) is 27.7 Å². The standard InChI is InChI=1S/C9H12O5.C6H10O2.C4H5N/c1-4-13-8(11)7(3)9(12)14-5-6(2)10;1-4-8-6(7)5(2)3;1-4(2)3-5/h3-5H2,1-2H3;2,4H2,1,3H3;1H2,2H3. The van der Waals surface area contributed by atoms with Crippen LogP contribution in [0.5, 0.6) is 0 Å². The molecule has 0 atom stereocenters. The number of ether oxygens (including phenoxy) is 3. The number of hydrogen-bond donors (Lipinski definition) is 0. The number of rotatable bonds is 7. The molecular formula is C19H27NO7. The minimum Gasteiger partial charge on any atom is -0.463 e. The van der Waals surface area contributed by atoms with E-state index in [1.165, 1.54) is 6.92 Å². The molecule has 0 spiro atoms. The van der Waals surface area contributed by atoms with Crippen LogP contribution in [0.1, 0.15) is 34.6 Å². The van der Waals surface area contributed by atoms with Crippen molar-refractivity contribution in [1.29, 1.82) is 5.26 Å². The lowest BCUT2D eigenvalue weighted by Gasteiger charge is -2.04. The van der Waals surface area contributed by atoms with E-state index in [9.17, 15) is 19.2 Å². The van der Waals surface area contributed by atoms with Crippen LogP contribution in [-0.4, -0.2) is 43.5 Å². The highest BCUT2D eigenvalue weighted by molar-refractivity contribution is 6.13. The van der Waals surface area contributed by atoms with Crippen molar-refractivity contribution in [2.75, 3.05) is 19.8 Å². The molecule has 0 aliphatic carbocycles. The van der Waals surface area contributed by atoms with Crippen LogP contribution >= 0.6 is 0 Å². The van der Waals surface area contributed by atoms with Crippen molar-refractivity contribution < 1.29 is 33.4 Å². The summed E-state index contributed by atoms with van der Waals surface area (Å²) in [6.45, 7) is 18.0. The van der Waals surface area contributed by atoms with Crippen molar-refractivity contribution in [2.45, 2.75) is 34.6 Å². The Labute approximate surface area is 160 Å².